The summed E-state index contributed by atoms with van der Waals surface area (Å²) in [5.74, 6) is 0.682. The van der Waals surface area contributed by atoms with Gasteiger partial charge in [-0.05, 0) is 12.3 Å². The maximum atomic E-state index is 5.24. The van der Waals surface area contributed by atoms with Crippen molar-refractivity contribution in [1.29, 1.82) is 0 Å². The molecule has 50 valence electrons. The van der Waals surface area contributed by atoms with E-state index in [-0.39, 0.29) is 0 Å². The van der Waals surface area contributed by atoms with Crippen LogP contribution in [0.1, 0.15) is 27.2 Å². The molecule has 0 rings (SSSR count). The zero-order valence-electron chi connectivity index (χ0n) is 6.11. The minimum absolute atomic E-state index is 0.682. The van der Waals surface area contributed by atoms with Crippen LogP contribution in [-0.4, -0.2) is 13.2 Å². The third-order valence-electron chi connectivity index (χ3n) is 0.800. The van der Waals surface area contributed by atoms with Gasteiger partial charge in [0.25, 0.3) is 0 Å². The van der Waals surface area contributed by atoms with E-state index in [1.807, 2.05) is 0 Å². The van der Waals surface area contributed by atoms with Crippen LogP contribution in [0.25, 0.3) is 0 Å². The first-order chi connectivity index (χ1) is 3.77. The molecule has 1 heteroatoms. The van der Waals surface area contributed by atoms with Crippen molar-refractivity contribution >= 4 is 0 Å². The smallest absolute Gasteiger partial charge is 0.0488 e. The molecule has 1 nitrogen and oxygen atoms in total. The van der Waals surface area contributed by atoms with E-state index in [1.165, 1.54) is 0 Å². The Hall–Kier alpha value is -0.0400. The Balaban J connectivity index is 2.72. The minimum Gasteiger partial charge on any atom is -0.381 e. The summed E-state index contributed by atoms with van der Waals surface area (Å²) >= 11 is 0. The van der Waals surface area contributed by atoms with Crippen LogP contribution in [0.2, 0.25) is 0 Å². The zero-order chi connectivity index (χ0) is 6.41. The summed E-state index contributed by atoms with van der Waals surface area (Å²) in [6.45, 7) is 8.28. The van der Waals surface area contributed by atoms with Crippen LogP contribution in [0.3, 0.4) is 0 Å². The Morgan fingerprint density at radius 1 is 1.38 bits per heavy atom. The molecular weight excluding hydrogens is 100 g/mol. The highest BCUT2D eigenvalue weighted by Crippen LogP contribution is 1.92. The van der Waals surface area contributed by atoms with Crippen molar-refractivity contribution in [3.63, 3.8) is 0 Å². The van der Waals surface area contributed by atoms with Crippen LogP contribution >= 0.6 is 0 Å². The molecule has 0 spiro atoms. The molecule has 0 saturated carbocycles. The topological polar surface area (TPSA) is 9.23 Å². The highest BCUT2D eigenvalue weighted by Gasteiger charge is 1.89. The van der Waals surface area contributed by atoms with E-state index in [4.69, 9.17) is 4.74 Å². The predicted octanol–water partition coefficient (Wildman–Crippen LogP) is 2.07. The average molecular weight is 116 g/mol. The van der Waals surface area contributed by atoms with E-state index >= 15 is 0 Å². The van der Waals surface area contributed by atoms with Crippen molar-refractivity contribution in [3.8, 4) is 0 Å². The lowest BCUT2D eigenvalue weighted by Gasteiger charge is -2.03. The van der Waals surface area contributed by atoms with Crippen LogP contribution in [0.5, 0.6) is 0 Å². The molecule has 0 fully saturated rings. The molecule has 0 aromatic rings. The van der Waals surface area contributed by atoms with Gasteiger partial charge in [0.05, 0.1) is 0 Å². The lowest BCUT2D eigenvalue weighted by atomic mass is 10.2. The van der Waals surface area contributed by atoms with E-state index in [9.17, 15) is 0 Å². The van der Waals surface area contributed by atoms with Crippen LogP contribution in [0.15, 0.2) is 0 Å². The molecule has 0 atom stereocenters. The molecule has 0 aromatic heterocycles. The first-order valence-corrected chi connectivity index (χ1v) is 3.35. The zero-order valence-corrected chi connectivity index (χ0v) is 6.11. The summed E-state index contributed by atoms with van der Waals surface area (Å²) in [6.07, 6.45) is 1.13. The second-order valence-electron chi connectivity index (χ2n) is 2.47. The van der Waals surface area contributed by atoms with Gasteiger partial charge in [-0.2, -0.15) is 0 Å². The van der Waals surface area contributed by atoms with Crippen LogP contribution < -0.4 is 0 Å². The Labute approximate surface area is 52.0 Å². The third kappa shape index (κ3) is 5.96. The van der Waals surface area contributed by atoms with Gasteiger partial charge in [-0.1, -0.05) is 20.8 Å². The molecule has 0 unspecified atom stereocenters. The fourth-order valence-corrected chi connectivity index (χ4v) is 0.463. The van der Waals surface area contributed by atoms with Gasteiger partial charge in [0, 0.05) is 13.2 Å². The molecule has 0 N–H and O–H groups in total. The third-order valence-corrected chi connectivity index (χ3v) is 0.800. The fraction of sp³-hybridized carbons (Fsp3) is 1.00. The molecule has 0 aliphatic heterocycles. The van der Waals surface area contributed by atoms with Crippen LogP contribution in [0, 0.1) is 5.92 Å². The molecule has 0 radical (unpaired) electrons. The van der Waals surface area contributed by atoms with Gasteiger partial charge in [0.1, 0.15) is 0 Å². The second-order valence-corrected chi connectivity index (χ2v) is 2.47. The Morgan fingerprint density at radius 3 is 2.38 bits per heavy atom. The van der Waals surface area contributed by atoms with E-state index in [2.05, 4.69) is 20.8 Å². The summed E-state index contributed by atoms with van der Waals surface area (Å²) in [7, 11) is 0. The van der Waals surface area contributed by atoms with Crippen LogP contribution in [-0.2, 0) is 4.74 Å². The Morgan fingerprint density at radius 2 is 2.00 bits per heavy atom. The second kappa shape index (κ2) is 5.10. The van der Waals surface area contributed by atoms with Gasteiger partial charge >= 0.3 is 0 Å². The SMILES string of the molecule is CCCOCC(C)C. The van der Waals surface area contributed by atoms with Crippen molar-refractivity contribution < 1.29 is 4.74 Å². The van der Waals surface area contributed by atoms with Crippen molar-refractivity contribution in [1.82, 2.24) is 0 Å². The quantitative estimate of drug-likeness (QED) is 0.511. The monoisotopic (exact) mass is 116 g/mol. The average Bonchev–Trinajstić information content (AvgIpc) is 1.66. The van der Waals surface area contributed by atoms with Gasteiger partial charge in [-0.3, -0.25) is 0 Å². The number of hydrogen-bond donors (Lipinski definition) is 0. The van der Waals surface area contributed by atoms with Gasteiger partial charge < -0.3 is 4.74 Å². The first-order valence-electron chi connectivity index (χ1n) is 3.35. The maximum Gasteiger partial charge on any atom is 0.0488 e. The first kappa shape index (κ1) is 7.96. The normalized spacial score (nSPS) is 10.5. The van der Waals surface area contributed by atoms with Crippen LogP contribution in [0.4, 0.5) is 0 Å². The number of hydrogen-bond acceptors (Lipinski definition) is 1. The number of ether oxygens (including phenoxy) is 1. The van der Waals surface area contributed by atoms with Crippen molar-refractivity contribution in [2.75, 3.05) is 13.2 Å². The molecule has 0 aliphatic carbocycles. The maximum absolute atomic E-state index is 5.24. The van der Waals surface area contributed by atoms with Crippen molar-refractivity contribution in [3.05, 3.63) is 0 Å². The summed E-state index contributed by atoms with van der Waals surface area (Å²) < 4.78 is 5.24. The molecule has 8 heavy (non-hydrogen) atoms. The molecule has 0 saturated heterocycles. The van der Waals surface area contributed by atoms with Gasteiger partial charge in [0.15, 0.2) is 0 Å². The van der Waals surface area contributed by atoms with E-state index < -0.39 is 0 Å². The largest absolute Gasteiger partial charge is 0.381 e. The number of rotatable bonds is 4. The van der Waals surface area contributed by atoms with Crippen molar-refractivity contribution in [2.24, 2.45) is 5.92 Å². The van der Waals surface area contributed by atoms with Gasteiger partial charge in [-0.25, -0.2) is 0 Å². The standard InChI is InChI=1S/C7H16O/c1-4-5-8-6-7(2)3/h7H,4-6H2,1-3H3. The molecule has 0 aromatic carbocycles. The van der Waals surface area contributed by atoms with E-state index in [0.29, 0.717) is 5.92 Å². The molecule has 0 amide bonds. The summed E-state index contributed by atoms with van der Waals surface area (Å²) in [5, 5.41) is 0. The molecule has 0 bridgehead atoms. The summed E-state index contributed by atoms with van der Waals surface area (Å²) in [6, 6.07) is 0. The lowest BCUT2D eigenvalue weighted by Crippen LogP contribution is -2.01. The highest BCUT2D eigenvalue weighted by molar-refractivity contribution is 4.38. The molecule has 0 aliphatic rings. The van der Waals surface area contributed by atoms with Gasteiger partial charge in [-0.15, -0.1) is 0 Å². The lowest BCUT2D eigenvalue weighted by molar-refractivity contribution is 0.110. The predicted molar refractivity (Wildman–Crippen MR) is 35.9 cm³/mol. The van der Waals surface area contributed by atoms with Crippen molar-refractivity contribution in [2.45, 2.75) is 27.2 Å². The summed E-state index contributed by atoms with van der Waals surface area (Å²) in [5.41, 5.74) is 0. The highest BCUT2D eigenvalue weighted by atomic mass is 16.5. The molecule has 0 heterocycles. The Bertz CT molecular complexity index is 41.7. The summed E-state index contributed by atoms with van der Waals surface area (Å²) in [4.78, 5) is 0. The fourth-order valence-electron chi connectivity index (χ4n) is 0.463. The van der Waals surface area contributed by atoms with Gasteiger partial charge in [0.2, 0.25) is 0 Å². The minimum atomic E-state index is 0.682. The van der Waals surface area contributed by atoms with E-state index in [0.717, 1.165) is 19.6 Å². The Kier molecular flexibility index (Phi) is 5.08. The van der Waals surface area contributed by atoms with E-state index in [1.54, 1.807) is 0 Å². The molecular formula is C7H16O.